The molecule has 1 aliphatic rings. The van der Waals surface area contributed by atoms with Gasteiger partial charge in [0.2, 0.25) is 0 Å². The molecule has 1 saturated heterocycles. The van der Waals surface area contributed by atoms with Gasteiger partial charge in [0.15, 0.2) is 0 Å². The van der Waals surface area contributed by atoms with E-state index >= 15 is 0 Å². The minimum absolute atomic E-state index is 0.172. The summed E-state index contributed by atoms with van der Waals surface area (Å²) in [5.41, 5.74) is 0. The SMILES string of the molecule is CC(C1CCN(OC(=O)C(F)(F)F)CC1)n1cccn1. The number of alkyl halides is 3. The summed E-state index contributed by atoms with van der Waals surface area (Å²) in [6.45, 7) is 2.63. The lowest BCUT2D eigenvalue weighted by Gasteiger charge is -2.33. The molecule has 2 rings (SSSR count). The van der Waals surface area contributed by atoms with Crippen LogP contribution in [0.5, 0.6) is 0 Å². The zero-order chi connectivity index (χ0) is 14.8. The minimum atomic E-state index is -4.95. The van der Waals surface area contributed by atoms with Crippen molar-refractivity contribution in [3.63, 3.8) is 0 Å². The highest BCUT2D eigenvalue weighted by atomic mass is 19.4. The molecule has 1 atom stereocenters. The summed E-state index contributed by atoms with van der Waals surface area (Å²) in [6.07, 6.45) is -0.0744. The van der Waals surface area contributed by atoms with E-state index in [1.807, 2.05) is 23.9 Å². The molecule has 1 aromatic rings. The van der Waals surface area contributed by atoms with Gasteiger partial charge >= 0.3 is 12.1 Å². The molecular weight excluding hydrogens is 275 g/mol. The number of carbonyl (C=O) groups excluding carboxylic acids is 1. The Hall–Kier alpha value is -1.57. The van der Waals surface area contributed by atoms with Gasteiger partial charge in [-0.1, -0.05) is 0 Å². The molecule has 5 nitrogen and oxygen atoms in total. The van der Waals surface area contributed by atoms with E-state index in [1.54, 1.807) is 6.20 Å². The number of hydrogen-bond acceptors (Lipinski definition) is 4. The minimum Gasteiger partial charge on any atom is -0.361 e. The van der Waals surface area contributed by atoms with Crippen molar-refractivity contribution in [3.05, 3.63) is 18.5 Å². The molecule has 0 radical (unpaired) electrons. The molecule has 0 N–H and O–H groups in total. The van der Waals surface area contributed by atoms with E-state index in [-0.39, 0.29) is 6.04 Å². The van der Waals surface area contributed by atoms with Crippen LogP contribution >= 0.6 is 0 Å². The van der Waals surface area contributed by atoms with Crippen LogP contribution in [0, 0.1) is 5.92 Å². The molecule has 0 aromatic carbocycles. The number of hydroxylamine groups is 2. The van der Waals surface area contributed by atoms with Crippen LogP contribution in [0.3, 0.4) is 0 Å². The number of piperidine rings is 1. The van der Waals surface area contributed by atoms with Crippen molar-refractivity contribution in [2.75, 3.05) is 13.1 Å². The van der Waals surface area contributed by atoms with E-state index in [1.165, 1.54) is 0 Å². The monoisotopic (exact) mass is 291 g/mol. The Bertz CT molecular complexity index is 439. The fourth-order valence-electron chi connectivity index (χ4n) is 2.36. The molecule has 1 aromatic heterocycles. The van der Waals surface area contributed by atoms with Crippen molar-refractivity contribution in [3.8, 4) is 0 Å². The summed E-state index contributed by atoms with van der Waals surface area (Å²) in [5.74, 6) is -1.85. The van der Waals surface area contributed by atoms with Crippen molar-refractivity contribution in [1.82, 2.24) is 14.8 Å². The summed E-state index contributed by atoms with van der Waals surface area (Å²) < 4.78 is 38.1. The molecule has 2 heterocycles. The van der Waals surface area contributed by atoms with E-state index in [0.29, 0.717) is 31.8 Å². The Morgan fingerprint density at radius 3 is 2.55 bits per heavy atom. The van der Waals surface area contributed by atoms with Crippen molar-refractivity contribution in [2.24, 2.45) is 5.92 Å². The molecule has 0 aliphatic carbocycles. The second-order valence-corrected chi connectivity index (χ2v) is 4.87. The van der Waals surface area contributed by atoms with Gasteiger partial charge in [-0.15, -0.1) is 5.06 Å². The fraction of sp³-hybridized carbons (Fsp3) is 0.667. The first kappa shape index (κ1) is 14.8. The predicted octanol–water partition coefficient (Wildman–Crippen LogP) is 2.18. The van der Waals surface area contributed by atoms with Gasteiger partial charge in [0, 0.05) is 25.5 Å². The lowest BCUT2D eigenvalue weighted by Crippen LogP contribution is -2.40. The summed E-state index contributed by atoms with van der Waals surface area (Å²) >= 11 is 0. The molecule has 1 fully saturated rings. The van der Waals surface area contributed by atoms with Crippen molar-refractivity contribution in [1.29, 1.82) is 0 Å². The van der Waals surface area contributed by atoms with Crippen LogP contribution in [-0.2, 0) is 9.63 Å². The van der Waals surface area contributed by atoms with Crippen LogP contribution in [0.25, 0.3) is 0 Å². The average Bonchev–Trinajstić information content (AvgIpc) is 2.91. The first-order valence-electron chi connectivity index (χ1n) is 6.41. The van der Waals surface area contributed by atoms with Crippen LogP contribution < -0.4 is 0 Å². The quantitative estimate of drug-likeness (QED) is 0.856. The van der Waals surface area contributed by atoms with Crippen LogP contribution in [0.2, 0.25) is 0 Å². The molecule has 1 unspecified atom stereocenters. The number of nitrogens with zero attached hydrogens (tertiary/aromatic N) is 3. The van der Waals surface area contributed by atoms with Crippen LogP contribution in [0.4, 0.5) is 13.2 Å². The molecule has 112 valence electrons. The van der Waals surface area contributed by atoms with Gasteiger partial charge in [0.05, 0.1) is 6.04 Å². The zero-order valence-corrected chi connectivity index (χ0v) is 11.0. The van der Waals surface area contributed by atoms with Gasteiger partial charge in [-0.3, -0.25) is 4.68 Å². The number of aromatic nitrogens is 2. The third-order valence-corrected chi connectivity index (χ3v) is 3.57. The van der Waals surface area contributed by atoms with Gasteiger partial charge in [-0.25, -0.2) is 4.79 Å². The lowest BCUT2D eigenvalue weighted by molar-refractivity contribution is -0.242. The number of rotatable bonds is 3. The third-order valence-electron chi connectivity index (χ3n) is 3.57. The Morgan fingerprint density at radius 1 is 1.40 bits per heavy atom. The Balaban J connectivity index is 1.82. The van der Waals surface area contributed by atoms with Crippen molar-refractivity contribution < 1.29 is 22.8 Å². The van der Waals surface area contributed by atoms with E-state index in [9.17, 15) is 18.0 Å². The second kappa shape index (κ2) is 5.82. The van der Waals surface area contributed by atoms with E-state index in [2.05, 4.69) is 9.94 Å². The highest BCUT2D eigenvalue weighted by Crippen LogP contribution is 2.28. The van der Waals surface area contributed by atoms with Crippen LogP contribution in [0.15, 0.2) is 18.5 Å². The molecule has 0 amide bonds. The van der Waals surface area contributed by atoms with E-state index in [4.69, 9.17) is 0 Å². The Morgan fingerprint density at radius 2 is 2.05 bits per heavy atom. The van der Waals surface area contributed by atoms with Crippen LogP contribution in [-0.4, -0.2) is 40.1 Å². The maximum absolute atomic E-state index is 12.1. The van der Waals surface area contributed by atoms with Gasteiger partial charge in [-0.2, -0.15) is 18.3 Å². The normalized spacial score (nSPS) is 19.8. The van der Waals surface area contributed by atoms with Gasteiger partial charge in [0.25, 0.3) is 0 Å². The molecule has 8 heteroatoms. The fourth-order valence-corrected chi connectivity index (χ4v) is 2.36. The Kier molecular flexibility index (Phi) is 4.32. The summed E-state index contributed by atoms with van der Waals surface area (Å²) in [4.78, 5) is 15.1. The molecule has 1 aliphatic heterocycles. The maximum atomic E-state index is 12.1. The largest absolute Gasteiger partial charge is 0.492 e. The molecule has 0 spiro atoms. The molecular formula is C12H16F3N3O2. The van der Waals surface area contributed by atoms with Crippen LogP contribution in [0.1, 0.15) is 25.8 Å². The van der Waals surface area contributed by atoms with Crippen molar-refractivity contribution in [2.45, 2.75) is 32.0 Å². The average molecular weight is 291 g/mol. The first-order chi connectivity index (χ1) is 9.38. The smallest absolute Gasteiger partial charge is 0.361 e. The molecule has 0 bridgehead atoms. The van der Waals surface area contributed by atoms with E-state index < -0.39 is 12.1 Å². The molecule has 20 heavy (non-hydrogen) atoms. The van der Waals surface area contributed by atoms with Crippen molar-refractivity contribution >= 4 is 5.97 Å². The third kappa shape index (κ3) is 3.50. The summed E-state index contributed by atoms with van der Waals surface area (Å²) in [5, 5.41) is 5.25. The summed E-state index contributed by atoms with van der Waals surface area (Å²) in [6, 6.07) is 2.00. The van der Waals surface area contributed by atoms with Gasteiger partial charge < -0.3 is 4.84 Å². The van der Waals surface area contributed by atoms with Gasteiger partial charge in [0.1, 0.15) is 0 Å². The van der Waals surface area contributed by atoms with Gasteiger partial charge in [-0.05, 0) is 31.7 Å². The second-order valence-electron chi connectivity index (χ2n) is 4.87. The zero-order valence-electron chi connectivity index (χ0n) is 11.0. The highest BCUT2D eigenvalue weighted by Gasteiger charge is 2.43. The maximum Gasteiger partial charge on any atom is 0.492 e. The number of hydrogen-bond donors (Lipinski definition) is 0. The topological polar surface area (TPSA) is 47.4 Å². The number of carbonyl (C=O) groups is 1. The predicted molar refractivity (Wildman–Crippen MR) is 63.4 cm³/mol. The highest BCUT2D eigenvalue weighted by molar-refractivity contribution is 5.75. The molecule has 0 saturated carbocycles. The van der Waals surface area contributed by atoms with E-state index in [0.717, 1.165) is 5.06 Å². The Labute approximate surface area is 114 Å². The lowest BCUT2D eigenvalue weighted by atomic mass is 9.91. The first-order valence-corrected chi connectivity index (χ1v) is 6.41. The standard InChI is InChI=1S/C12H16F3N3O2/c1-9(18-6-2-5-16-18)10-3-7-17(8-4-10)20-11(19)12(13,14)15/h2,5-6,9-10H,3-4,7-8H2,1H3. The summed E-state index contributed by atoms with van der Waals surface area (Å²) in [7, 11) is 0. The number of halogens is 3.